The normalized spacial score (nSPS) is 29.6. The molecule has 11 heteroatoms. The third-order valence-corrected chi connectivity index (χ3v) is 11.3. The summed E-state index contributed by atoms with van der Waals surface area (Å²) in [6.07, 6.45) is 9.27. The standard InChI is InChI=1S/C36H35F3N6O2/c1-3-22-24(38)10-8-19-6-4-7-23(28(19)22)31-30(39)33-29-32(41-31)27(46-2)14-26-25-11-9-21(40-25)17-45(26)34(29)43-35(42-33)47-18-36-12-5-13-44(36)16-20(37)15-36/h1,4,6-8,10,20-21,25-27,40H,5,9,11-18H2,2H3/t20-,21-,25+,26-,27-,36+/m1/s1. The van der Waals surface area contributed by atoms with E-state index in [2.05, 4.69) is 21.0 Å². The number of ether oxygens (including phenoxy) is 2. The lowest BCUT2D eigenvalue weighted by Crippen LogP contribution is -2.58. The molecule has 2 aromatic carbocycles. The number of rotatable bonds is 5. The van der Waals surface area contributed by atoms with Gasteiger partial charge in [0.05, 0.1) is 22.2 Å². The summed E-state index contributed by atoms with van der Waals surface area (Å²) in [6, 6.07) is 8.82. The number of anilines is 1. The van der Waals surface area contributed by atoms with Gasteiger partial charge in [-0.3, -0.25) is 4.90 Å². The number of nitrogens with one attached hydrogen (secondary N) is 1. The van der Waals surface area contributed by atoms with Crippen molar-refractivity contribution in [2.24, 2.45) is 0 Å². The molecule has 2 bridgehead atoms. The molecule has 9 rings (SSSR count). The Morgan fingerprint density at radius 2 is 2.00 bits per heavy atom. The number of alkyl halides is 1. The minimum Gasteiger partial charge on any atom is -0.461 e. The first-order valence-corrected chi connectivity index (χ1v) is 16.5. The van der Waals surface area contributed by atoms with Gasteiger partial charge in [0, 0.05) is 62.1 Å². The topological polar surface area (TPSA) is 75.6 Å². The molecule has 1 N–H and O–H groups in total. The van der Waals surface area contributed by atoms with E-state index in [0.717, 1.165) is 32.2 Å². The maximum Gasteiger partial charge on any atom is 0.319 e. The van der Waals surface area contributed by atoms with Crippen LogP contribution >= 0.6 is 0 Å². The largest absolute Gasteiger partial charge is 0.461 e. The van der Waals surface area contributed by atoms with Crippen molar-refractivity contribution in [1.82, 2.24) is 25.2 Å². The van der Waals surface area contributed by atoms with E-state index in [1.165, 1.54) is 6.07 Å². The second-order valence-corrected chi connectivity index (χ2v) is 13.8. The molecule has 0 radical (unpaired) electrons. The molecule has 4 fully saturated rings. The number of benzene rings is 2. The molecule has 0 amide bonds. The fraction of sp³-hybridized carbons (Fsp3) is 0.472. The van der Waals surface area contributed by atoms with Crippen LogP contribution in [0.5, 0.6) is 6.01 Å². The third-order valence-electron chi connectivity index (χ3n) is 11.3. The van der Waals surface area contributed by atoms with Crippen molar-refractivity contribution in [1.29, 1.82) is 0 Å². The van der Waals surface area contributed by atoms with Crippen LogP contribution in [0.3, 0.4) is 0 Å². The van der Waals surface area contributed by atoms with Crippen LogP contribution in [0.1, 0.15) is 55.9 Å². The Kier molecular flexibility index (Phi) is 6.69. The van der Waals surface area contributed by atoms with Crippen LogP contribution in [0.4, 0.5) is 19.0 Å². The van der Waals surface area contributed by atoms with Gasteiger partial charge in [0.1, 0.15) is 41.7 Å². The molecule has 7 heterocycles. The van der Waals surface area contributed by atoms with Crippen molar-refractivity contribution in [2.45, 2.75) is 74.5 Å². The van der Waals surface area contributed by atoms with Gasteiger partial charge in [-0.2, -0.15) is 9.97 Å². The zero-order valence-electron chi connectivity index (χ0n) is 26.1. The highest BCUT2D eigenvalue weighted by molar-refractivity contribution is 6.03. The van der Waals surface area contributed by atoms with Crippen LogP contribution in [0.2, 0.25) is 0 Å². The number of fused-ring (bicyclic) bond motifs is 7. The summed E-state index contributed by atoms with van der Waals surface area (Å²) in [6.45, 7) is 2.14. The van der Waals surface area contributed by atoms with Crippen LogP contribution in [0.15, 0.2) is 30.3 Å². The van der Waals surface area contributed by atoms with E-state index in [1.807, 2.05) is 6.07 Å². The second kappa shape index (κ2) is 10.8. The summed E-state index contributed by atoms with van der Waals surface area (Å²) in [5, 5.41) is 5.31. The molecule has 0 aliphatic carbocycles. The third kappa shape index (κ3) is 4.38. The van der Waals surface area contributed by atoms with Gasteiger partial charge in [-0.1, -0.05) is 30.2 Å². The lowest BCUT2D eigenvalue weighted by molar-refractivity contribution is 0.0821. The minimum absolute atomic E-state index is 0.00833. The molecule has 5 aliphatic heterocycles. The lowest BCUT2D eigenvalue weighted by atomic mass is 9.95. The van der Waals surface area contributed by atoms with Crippen LogP contribution in [-0.2, 0) is 4.74 Å². The number of aromatic nitrogens is 3. The summed E-state index contributed by atoms with van der Waals surface area (Å²) >= 11 is 0. The maximum absolute atomic E-state index is 17.2. The molecule has 2 aromatic heterocycles. The van der Waals surface area contributed by atoms with E-state index in [0.29, 0.717) is 59.2 Å². The molecule has 8 nitrogen and oxygen atoms in total. The number of piperazine rings is 1. The molecule has 4 aromatic rings. The van der Waals surface area contributed by atoms with E-state index in [1.54, 1.807) is 25.3 Å². The predicted molar refractivity (Wildman–Crippen MR) is 172 cm³/mol. The minimum atomic E-state index is -0.906. The van der Waals surface area contributed by atoms with E-state index in [-0.39, 0.29) is 47.5 Å². The highest BCUT2D eigenvalue weighted by Gasteiger charge is 2.50. The number of halogens is 3. The number of hydrogen-bond acceptors (Lipinski definition) is 8. The molecule has 4 saturated heterocycles. The quantitative estimate of drug-likeness (QED) is 0.289. The van der Waals surface area contributed by atoms with Crippen LogP contribution < -0.4 is 15.0 Å². The average molecular weight is 641 g/mol. The Balaban J connectivity index is 1.27. The summed E-state index contributed by atoms with van der Waals surface area (Å²) in [5.41, 5.74) is 0.585. The zero-order valence-corrected chi connectivity index (χ0v) is 26.1. The summed E-state index contributed by atoms with van der Waals surface area (Å²) in [5.74, 6) is 1.80. The second-order valence-electron chi connectivity index (χ2n) is 13.8. The molecule has 242 valence electrons. The van der Waals surface area contributed by atoms with Crippen LogP contribution in [0.25, 0.3) is 32.9 Å². The van der Waals surface area contributed by atoms with Gasteiger partial charge in [0.2, 0.25) is 0 Å². The van der Waals surface area contributed by atoms with Crippen LogP contribution in [0, 0.1) is 24.0 Å². The molecule has 47 heavy (non-hydrogen) atoms. The van der Waals surface area contributed by atoms with Crippen molar-refractivity contribution in [2.75, 3.05) is 38.3 Å². The molecule has 0 spiro atoms. The van der Waals surface area contributed by atoms with Gasteiger partial charge in [-0.25, -0.2) is 18.2 Å². The molecule has 0 unspecified atom stereocenters. The fourth-order valence-corrected chi connectivity index (χ4v) is 9.15. The fourth-order valence-electron chi connectivity index (χ4n) is 9.15. The lowest BCUT2D eigenvalue weighted by Gasteiger charge is -2.41. The Bertz CT molecular complexity index is 1980. The van der Waals surface area contributed by atoms with Gasteiger partial charge in [-0.15, -0.1) is 6.42 Å². The van der Waals surface area contributed by atoms with Crippen molar-refractivity contribution in [3.63, 3.8) is 0 Å². The highest BCUT2D eigenvalue weighted by atomic mass is 19.1. The Hall–Kier alpha value is -3.98. The molecule has 6 atom stereocenters. The number of terminal acetylenes is 1. The molecular weight excluding hydrogens is 605 g/mol. The van der Waals surface area contributed by atoms with E-state index in [4.69, 9.17) is 30.8 Å². The van der Waals surface area contributed by atoms with E-state index >= 15 is 8.78 Å². The SMILES string of the molecule is C#Cc1c(F)ccc2cccc(-c3nc4c5c(nc(OC[C@@]67CCCN6C[C@H](F)C7)nc5c3F)N3C[C@H]5CC[C@H](N5)[C@H]3C[C@H]4OC)c12. The summed E-state index contributed by atoms with van der Waals surface area (Å²) in [7, 11) is 1.64. The first-order chi connectivity index (χ1) is 22.9. The van der Waals surface area contributed by atoms with Crippen molar-refractivity contribution in [3.8, 4) is 29.6 Å². The number of hydrogen-bond donors (Lipinski definition) is 1. The number of pyridine rings is 1. The van der Waals surface area contributed by atoms with Gasteiger partial charge in [-0.05, 0) is 43.7 Å². The Morgan fingerprint density at radius 3 is 2.85 bits per heavy atom. The highest BCUT2D eigenvalue weighted by Crippen LogP contribution is 2.47. The predicted octanol–water partition coefficient (Wildman–Crippen LogP) is 5.46. The van der Waals surface area contributed by atoms with Crippen molar-refractivity contribution in [3.05, 3.63) is 53.2 Å². The first kappa shape index (κ1) is 29.2. The smallest absolute Gasteiger partial charge is 0.319 e. The van der Waals surface area contributed by atoms with Gasteiger partial charge in [0.15, 0.2) is 5.82 Å². The van der Waals surface area contributed by atoms with Crippen molar-refractivity contribution >= 4 is 27.5 Å². The van der Waals surface area contributed by atoms with Gasteiger partial charge in [0.25, 0.3) is 0 Å². The van der Waals surface area contributed by atoms with Gasteiger partial charge >= 0.3 is 6.01 Å². The number of methoxy groups -OCH3 is 1. The maximum atomic E-state index is 17.2. The van der Waals surface area contributed by atoms with Gasteiger partial charge < -0.3 is 19.7 Å². The molecular formula is C36H35F3N6O2. The summed E-state index contributed by atoms with van der Waals surface area (Å²) < 4.78 is 59.2. The molecule has 0 saturated carbocycles. The van der Waals surface area contributed by atoms with E-state index < -0.39 is 29.4 Å². The Morgan fingerprint density at radius 1 is 1.11 bits per heavy atom. The first-order valence-electron chi connectivity index (χ1n) is 16.5. The molecule has 5 aliphatic rings. The average Bonchev–Trinajstić information content (AvgIpc) is 3.72. The number of nitrogens with zero attached hydrogens (tertiary/aromatic N) is 5. The Labute approximate surface area is 270 Å². The zero-order chi connectivity index (χ0) is 32.0. The van der Waals surface area contributed by atoms with Crippen LogP contribution in [-0.4, -0.2) is 83.0 Å². The summed E-state index contributed by atoms with van der Waals surface area (Å²) in [4.78, 5) is 19.1. The monoisotopic (exact) mass is 640 g/mol. The van der Waals surface area contributed by atoms with Crippen molar-refractivity contribution < 1.29 is 22.6 Å². The van der Waals surface area contributed by atoms with E-state index in [9.17, 15) is 4.39 Å².